The van der Waals surface area contributed by atoms with E-state index < -0.39 is 28.7 Å². The number of thioether (sulfide) groups is 1. The summed E-state index contributed by atoms with van der Waals surface area (Å²) in [5.41, 5.74) is 0. The van der Waals surface area contributed by atoms with Gasteiger partial charge in [0.2, 0.25) is 17.7 Å². The summed E-state index contributed by atoms with van der Waals surface area (Å²) in [6.45, 7) is 6.54. The number of amides is 3. The number of carbonyl (C=O) groups is 3. The van der Waals surface area contributed by atoms with Gasteiger partial charge in [-0.15, -0.1) is 11.8 Å². The summed E-state index contributed by atoms with van der Waals surface area (Å²) in [7, 11) is 0. The number of nitrogens with zero attached hydrogens (tertiary/aromatic N) is 1. The van der Waals surface area contributed by atoms with E-state index in [9.17, 15) is 19.5 Å². The zero-order valence-electron chi connectivity index (χ0n) is 20.6. The topological polar surface area (TPSA) is 98.7 Å². The van der Waals surface area contributed by atoms with Gasteiger partial charge >= 0.3 is 0 Å². The van der Waals surface area contributed by atoms with Gasteiger partial charge in [0, 0.05) is 22.7 Å². The second-order valence-corrected chi connectivity index (χ2v) is 13.7. The summed E-state index contributed by atoms with van der Waals surface area (Å²) < 4.78 is -0.646. The Kier molecular flexibility index (Phi) is 8.24. The third-order valence-corrected chi connectivity index (χ3v) is 11.3. The van der Waals surface area contributed by atoms with Gasteiger partial charge in [0.15, 0.2) is 0 Å². The Morgan fingerprint density at radius 2 is 1.94 bits per heavy atom. The van der Waals surface area contributed by atoms with Crippen molar-refractivity contribution in [2.24, 2.45) is 17.8 Å². The van der Waals surface area contributed by atoms with Crippen LogP contribution in [0.1, 0.15) is 72.1 Å². The lowest BCUT2D eigenvalue weighted by atomic mass is 9.70. The standard InChI is InChI=1S/C25H40BrN3O4S/c1-4-10-27-22(31)18-19-24(33)29(16(13-30)11-14(2)3)21(25(19)12-17(26)20(18)34-25)23(32)28-15-8-6-5-7-9-15/h14-21,30H,4-13H2,1-3H3,(H,27,31)(H,28,32)/t16-,17?,18+,19+,20+,21?,25?/m1/s1. The number of aliphatic hydroxyl groups excluding tert-OH is 1. The van der Waals surface area contributed by atoms with Crippen molar-refractivity contribution in [3.8, 4) is 0 Å². The number of hydrogen-bond donors (Lipinski definition) is 3. The maximum absolute atomic E-state index is 14.1. The lowest BCUT2D eigenvalue weighted by molar-refractivity contribution is -0.143. The molecule has 0 aromatic heterocycles. The lowest BCUT2D eigenvalue weighted by Crippen LogP contribution is -2.58. The number of likely N-dealkylation sites (tertiary alicyclic amines) is 1. The fourth-order valence-electron chi connectivity index (χ4n) is 6.77. The second-order valence-electron chi connectivity index (χ2n) is 11.0. The van der Waals surface area contributed by atoms with Crippen LogP contribution >= 0.6 is 27.7 Å². The molecule has 3 N–H and O–H groups in total. The molecule has 1 saturated carbocycles. The van der Waals surface area contributed by atoms with Crippen molar-refractivity contribution in [3.05, 3.63) is 0 Å². The van der Waals surface area contributed by atoms with Gasteiger partial charge in [-0.25, -0.2) is 0 Å². The Morgan fingerprint density at radius 1 is 1.24 bits per heavy atom. The van der Waals surface area contributed by atoms with E-state index in [1.165, 1.54) is 6.42 Å². The van der Waals surface area contributed by atoms with Gasteiger partial charge in [0.05, 0.1) is 29.2 Å². The Balaban J connectivity index is 1.70. The quantitative estimate of drug-likeness (QED) is 0.378. The van der Waals surface area contributed by atoms with E-state index in [1.807, 2.05) is 6.92 Å². The summed E-state index contributed by atoms with van der Waals surface area (Å²) in [6.07, 6.45) is 7.49. The van der Waals surface area contributed by atoms with E-state index in [2.05, 4.69) is 40.4 Å². The first-order valence-corrected chi connectivity index (χ1v) is 14.9. The molecule has 2 bridgehead atoms. The van der Waals surface area contributed by atoms with Gasteiger partial charge in [-0.1, -0.05) is 56.0 Å². The monoisotopic (exact) mass is 557 g/mol. The zero-order chi connectivity index (χ0) is 24.6. The second kappa shape index (κ2) is 10.7. The molecule has 4 aliphatic rings. The maximum atomic E-state index is 14.1. The average molecular weight is 559 g/mol. The molecule has 34 heavy (non-hydrogen) atoms. The van der Waals surface area contributed by atoms with E-state index in [1.54, 1.807) is 16.7 Å². The number of hydrogen-bond acceptors (Lipinski definition) is 5. The summed E-state index contributed by atoms with van der Waals surface area (Å²) in [5.74, 6) is -1.04. The summed E-state index contributed by atoms with van der Waals surface area (Å²) >= 11 is 5.47. The highest BCUT2D eigenvalue weighted by molar-refractivity contribution is 9.09. The molecule has 192 valence electrons. The van der Waals surface area contributed by atoms with Gasteiger partial charge in [-0.2, -0.15) is 0 Å². The smallest absolute Gasteiger partial charge is 0.244 e. The molecule has 1 aliphatic carbocycles. The number of carbonyl (C=O) groups excluding carboxylic acids is 3. The molecule has 7 atom stereocenters. The third-order valence-electron chi connectivity index (χ3n) is 8.13. The summed E-state index contributed by atoms with van der Waals surface area (Å²) in [6, 6.07) is -0.956. The SMILES string of the molecule is CCCNC(=O)[C@H]1[C@H]2C(=O)N([C@@H](CO)CC(C)C)C(C(=O)NC3CCCCC3)C23CC(Br)[C@@H]1S3. The third kappa shape index (κ3) is 4.54. The van der Waals surface area contributed by atoms with Crippen LogP contribution in [0.2, 0.25) is 0 Å². The van der Waals surface area contributed by atoms with Crippen LogP contribution in [0.25, 0.3) is 0 Å². The molecule has 7 nitrogen and oxygen atoms in total. The van der Waals surface area contributed by atoms with Crippen molar-refractivity contribution in [1.82, 2.24) is 15.5 Å². The molecular formula is C25H40BrN3O4S. The van der Waals surface area contributed by atoms with E-state index in [4.69, 9.17) is 0 Å². The van der Waals surface area contributed by atoms with E-state index in [0.717, 1.165) is 32.1 Å². The van der Waals surface area contributed by atoms with Crippen LogP contribution in [0.3, 0.4) is 0 Å². The normalized spacial score (nSPS) is 36.1. The van der Waals surface area contributed by atoms with Crippen LogP contribution < -0.4 is 10.6 Å². The molecule has 3 unspecified atom stereocenters. The Hall–Kier alpha value is -0.800. The van der Waals surface area contributed by atoms with Gasteiger partial charge in [-0.3, -0.25) is 14.4 Å². The highest BCUT2D eigenvalue weighted by Gasteiger charge is 2.76. The van der Waals surface area contributed by atoms with Crippen molar-refractivity contribution in [3.63, 3.8) is 0 Å². The van der Waals surface area contributed by atoms with Crippen molar-refractivity contribution < 1.29 is 19.5 Å². The molecule has 3 heterocycles. The number of rotatable bonds is 9. The number of fused-ring (bicyclic) bond motifs is 1. The molecule has 4 fully saturated rings. The predicted octanol–water partition coefficient (Wildman–Crippen LogP) is 2.83. The molecule has 3 saturated heterocycles. The number of aliphatic hydroxyl groups is 1. The first kappa shape index (κ1) is 26.3. The minimum absolute atomic E-state index is 0.0318. The first-order valence-electron chi connectivity index (χ1n) is 13.1. The van der Waals surface area contributed by atoms with Gasteiger partial charge < -0.3 is 20.6 Å². The largest absolute Gasteiger partial charge is 0.394 e. The molecule has 4 rings (SSSR count). The molecule has 0 aromatic rings. The van der Waals surface area contributed by atoms with E-state index in [0.29, 0.717) is 19.4 Å². The number of halogens is 1. The number of nitrogens with one attached hydrogen (secondary N) is 2. The maximum Gasteiger partial charge on any atom is 0.244 e. The zero-order valence-corrected chi connectivity index (χ0v) is 23.0. The molecule has 0 radical (unpaired) electrons. The van der Waals surface area contributed by atoms with Gasteiger partial charge in [-0.05, 0) is 38.0 Å². The molecule has 3 amide bonds. The highest BCUT2D eigenvalue weighted by Crippen LogP contribution is 2.68. The minimum atomic E-state index is -0.665. The fraction of sp³-hybridized carbons (Fsp3) is 0.880. The van der Waals surface area contributed by atoms with Crippen molar-refractivity contribution in [2.45, 2.75) is 105 Å². The molecule has 1 spiro atoms. The summed E-state index contributed by atoms with van der Waals surface area (Å²) in [4.78, 5) is 43.1. The van der Waals surface area contributed by atoms with E-state index >= 15 is 0 Å². The lowest BCUT2D eigenvalue weighted by Gasteiger charge is -2.39. The van der Waals surface area contributed by atoms with Crippen molar-refractivity contribution in [1.29, 1.82) is 0 Å². The van der Waals surface area contributed by atoms with Crippen LogP contribution in [0.15, 0.2) is 0 Å². The molecule has 3 aliphatic heterocycles. The first-order chi connectivity index (χ1) is 16.2. The van der Waals surface area contributed by atoms with Gasteiger partial charge in [0.25, 0.3) is 0 Å². The Labute approximate surface area is 216 Å². The fourth-order valence-corrected chi connectivity index (χ4v) is 10.4. The van der Waals surface area contributed by atoms with Crippen molar-refractivity contribution in [2.75, 3.05) is 13.2 Å². The number of alkyl halides is 1. The Bertz CT molecular complexity index is 792. The Morgan fingerprint density at radius 3 is 2.56 bits per heavy atom. The predicted molar refractivity (Wildman–Crippen MR) is 138 cm³/mol. The highest BCUT2D eigenvalue weighted by atomic mass is 79.9. The summed E-state index contributed by atoms with van der Waals surface area (Å²) in [5, 5.41) is 16.6. The van der Waals surface area contributed by atoms with Crippen LogP contribution in [0.4, 0.5) is 0 Å². The molecule has 0 aromatic carbocycles. The minimum Gasteiger partial charge on any atom is -0.394 e. The van der Waals surface area contributed by atoms with Crippen LogP contribution in [0, 0.1) is 17.8 Å². The van der Waals surface area contributed by atoms with Crippen molar-refractivity contribution >= 4 is 45.4 Å². The average Bonchev–Trinajstić information content (AvgIpc) is 3.39. The molecule has 9 heteroatoms. The molecular weight excluding hydrogens is 518 g/mol. The van der Waals surface area contributed by atoms with Crippen LogP contribution in [0.5, 0.6) is 0 Å². The van der Waals surface area contributed by atoms with Gasteiger partial charge in [0.1, 0.15) is 6.04 Å². The van der Waals surface area contributed by atoms with E-state index in [-0.39, 0.29) is 46.4 Å². The van der Waals surface area contributed by atoms with Crippen LogP contribution in [-0.2, 0) is 14.4 Å². The van der Waals surface area contributed by atoms with Crippen LogP contribution in [-0.4, -0.2) is 73.8 Å².